The van der Waals surface area contributed by atoms with E-state index in [0.29, 0.717) is 22.7 Å². The van der Waals surface area contributed by atoms with Gasteiger partial charge in [-0.1, -0.05) is 55.8 Å². The first-order valence-electron chi connectivity index (χ1n) is 9.42. The monoisotopic (exact) mass is 415 g/mol. The van der Waals surface area contributed by atoms with E-state index in [1.165, 1.54) is 16.0 Å². The number of hydrogen-bond acceptors (Lipinski definition) is 3. The summed E-state index contributed by atoms with van der Waals surface area (Å²) in [5.41, 5.74) is 1.71. The van der Waals surface area contributed by atoms with Crippen LogP contribution in [0.25, 0.3) is 0 Å². The first-order valence-corrected chi connectivity index (χ1v) is 9.80. The van der Waals surface area contributed by atoms with Gasteiger partial charge in [-0.15, -0.1) is 0 Å². The smallest absolute Gasteiger partial charge is 0.262 e. The number of nitrogens with zero attached hydrogens (tertiary/aromatic N) is 3. The van der Waals surface area contributed by atoms with Gasteiger partial charge in [0, 0.05) is 30.0 Å². The Morgan fingerprint density at radius 3 is 2.48 bits per heavy atom. The summed E-state index contributed by atoms with van der Waals surface area (Å²) in [6.07, 6.45) is 0.371. The van der Waals surface area contributed by atoms with Gasteiger partial charge in [0.1, 0.15) is 12.4 Å². The summed E-state index contributed by atoms with van der Waals surface area (Å²) < 4.78 is 14.3. The Morgan fingerprint density at radius 2 is 1.86 bits per heavy atom. The van der Waals surface area contributed by atoms with Crippen molar-refractivity contribution in [2.75, 3.05) is 13.6 Å². The summed E-state index contributed by atoms with van der Waals surface area (Å²) >= 11 is 5.99. The maximum atomic E-state index is 14.3. The van der Waals surface area contributed by atoms with Gasteiger partial charge in [-0.3, -0.25) is 9.59 Å². The van der Waals surface area contributed by atoms with Crippen LogP contribution in [0, 0.1) is 11.7 Å². The second kappa shape index (κ2) is 8.74. The number of amides is 2. The van der Waals surface area contributed by atoms with E-state index in [4.69, 9.17) is 11.6 Å². The zero-order valence-electron chi connectivity index (χ0n) is 16.6. The standard InChI is InChI=1S/C22H23ClFN3O2/c1-14(2)22(29)26(3)13-21(28)27-20(15-8-10-16(23)11-9-15)12-19(25-27)17-6-4-5-7-18(17)24/h4-11,14,20H,12-13H2,1-3H3. The lowest BCUT2D eigenvalue weighted by molar-refractivity contribution is -0.142. The Balaban J connectivity index is 1.91. The molecule has 0 aliphatic carbocycles. The lowest BCUT2D eigenvalue weighted by Gasteiger charge is -2.25. The van der Waals surface area contributed by atoms with Crippen LogP contribution in [-0.2, 0) is 9.59 Å². The highest BCUT2D eigenvalue weighted by molar-refractivity contribution is 6.30. The maximum Gasteiger partial charge on any atom is 0.262 e. The lowest BCUT2D eigenvalue weighted by atomic mass is 9.98. The van der Waals surface area contributed by atoms with Gasteiger partial charge in [-0.25, -0.2) is 9.40 Å². The summed E-state index contributed by atoms with van der Waals surface area (Å²) in [5, 5.41) is 6.39. The van der Waals surface area contributed by atoms with Crippen molar-refractivity contribution in [1.29, 1.82) is 0 Å². The lowest BCUT2D eigenvalue weighted by Crippen LogP contribution is -2.40. The minimum Gasteiger partial charge on any atom is -0.336 e. The summed E-state index contributed by atoms with van der Waals surface area (Å²) in [7, 11) is 1.59. The number of halogens is 2. The van der Waals surface area contributed by atoms with E-state index >= 15 is 0 Å². The molecule has 0 aromatic heterocycles. The predicted octanol–water partition coefficient (Wildman–Crippen LogP) is 4.27. The zero-order chi connectivity index (χ0) is 21.1. The topological polar surface area (TPSA) is 53.0 Å². The van der Waals surface area contributed by atoms with Crippen molar-refractivity contribution in [3.05, 3.63) is 70.5 Å². The largest absolute Gasteiger partial charge is 0.336 e. The van der Waals surface area contributed by atoms with Crippen molar-refractivity contribution < 1.29 is 14.0 Å². The molecule has 152 valence electrons. The Bertz CT molecular complexity index is 943. The molecule has 2 aromatic rings. The third kappa shape index (κ3) is 4.65. The minimum atomic E-state index is -0.392. The summed E-state index contributed by atoms with van der Waals surface area (Å²) in [6, 6.07) is 13.1. The number of hydrogen-bond donors (Lipinski definition) is 0. The first-order chi connectivity index (χ1) is 13.8. The maximum absolute atomic E-state index is 14.3. The number of carbonyl (C=O) groups excluding carboxylic acids is 2. The van der Waals surface area contributed by atoms with Crippen molar-refractivity contribution in [3.8, 4) is 0 Å². The number of benzene rings is 2. The van der Waals surface area contributed by atoms with Crippen LogP contribution in [0.2, 0.25) is 5.02 Å². The van der Waals surface area contributed by atoms with Crippen molar-refractivity contribution in [2.24, 2.45) is 11.0 Å². The van der Waals surface area contributed by atoms with Crippen LogP contribution >= 0.6 is 11.6 Å². The molecule has 2 aromatic carbocycles. The van der Waals surface area contributed by atoms with Crippen molar-refractivity contribution in [3.63, 3.8) is 0 Å². The number of likely N-dealkylation sites (N-methyl/N-ethyl adjacent to an activating group) is 1. The van der Waals surface area contributed by atoms with Crippen LogP contribution in [0.5, 0.6) is 0 Å². The van der Waals surface area contributed by atoms with Crippen molar-refractivity contribution in [1.82, 2.24) is 9.91 Å². The molecule has 1 aliphatic rings. The fraction of sp³-hybridized carbons (Fsp3) is 0.318. The van der Waals surface area contributed by atoms with Crippen LogP contribution in [0.1, 0.15) is 37.4 Å². The number of carbonyl (C=O) groups is 2. The zero-order valence-corrected chi connectivity index (χ0v) is 17.4. The van der Waals surface area contributed by atoms with E-state index < -0.39 is 6.04 Å². The fourth-order valence-corrected chi connectivity index (χ4v) is 3.46. The molecule has 0 bridgehead atoms. The van der Waals surface area contributed by atoms with Gasteiger partial charge in [0.25, 0.3) is 5.91 Å². The summed E-state index contributed by atoms with van der Waals surface area (Å²) in [6.45, 7) is 3.46. The molecule has 2 amide bonds. The third-order valence-corrected chi connectivity index (χ3v) is 5.10. The van der Waals surface area contributed by atoms with Gasteiger partial charge in [0.2, 0.25) is 5.91 Å². The van der Waals surface area contributed by atoms with Gasteiger partial charge in [-0.05, 0) is 23.8 Å². The van der Waals surface area contributed by atoms with E-state index in [2.05, 4.69) is 5.10 Å². The molecule has 0 saturated heterocycles. The second-order valence-electron chi connectivity index (χ2n) is 7.39. The average Bonchev–Trinajstić information content (AvgIpc) is 3.13. The van der Waals surface area contributed by atoms with Gasteiger partial charge in [-0.2, -0.15) is 5.10 Å². The number of hydrazone groups is 1. The van der Waals surface area contributed by atoms with Crippen LogP contribution in [0.3, 0.4) is 0 Å². The average molecular weight is 416 g/mol. The van der Waals surface area contributed by atoms with E-state index in [0.717, 1.165) is 5.56 Å². The van der Waals surface area contributed by atoms with Crippen LogP contribution in [-0.4, -0.2) is 41.0 Å². The van der Waals surface area contributed by atoms with Crippen molar-refractivity contribution >= 4 is 29.1 Å². The molecule has 7 heteroatoms. The molecule has 0 fully saturated rings. The Kier molecular flexibility index (Phi) is 6.33. The Labute approximate surface area is 174 Å². The SMILES string of the molecule is CC(C)C(=O)N(C)CC(=O)N1N=C(c2ccccc2F)CC1c1ccc(Cl)cc1. The fourth-order valence-electron chi connectivity index (χ4n) is 3.34. The molecule has 0 spiro atoms. The molecular formula is C22H23ClFN3O2. The van der Waals surface area contributed by atoms with Crippen LogP contribution in [0.4, 0.5) is 4.39 Å². The second-order valence-corrected chi connectivity index (χ2v) is 7.82. The van der Waals surface area contributed by atoms with Crippen LogP contribution in [0.15, 0.2) is 53.6 Å². The van der Waals surface area contributed by atoms with Gasteiger partial charge in [0.15, 0.2) is 0 Å². The van der Waals surface area contributed by atoms with E-state index in [1.54, 1.807) is 51.2 Å². The molecule has 3 rings (SSSR count). The molecule has 29 heavy (non-hydrogen) atoms. The minimum absolute atomic E-state index is 0.102. The highest BCUT2D eigenvalue weighted by Crippen LogP contribution is 2.34. The Morgan fingerprint density at radius 1 is 1.21 bits per heavy atom. The normalized spacial score (nSPS) is 16.1. The van der Waals surface area contributed by atoms with E-state index in [-0.39, 0.29) is 30.1 Å². The summed E-state index contributed by atoms with van der Waals surface area (Å²) in [5.74, 6) is -1.05. The molecule has 5 nitrogen and oxygen atoms in total. The highest BCUT2D eigenvalue weighted by Gasteiger charge is 2.34. The number of rotatable bonds is 5. The molecule has 0 radical (unpaired) electrons. The molecule has 0 saturated carbocycles. The molecular weight excluding hydrogens is 393 g/mol. The molecule has 1 aliphatic heterocycles. The van der Waals surface area contributed by atoms with Gasteiger partial charge in [0.05, 0.1) is 11.8 Å². The molecule has 1 unspecified atom stereocenters. The molecule has 1 atom stereocenters. The highest BCUT2D eigenvalue weighted by atomic mass is 35.5. The quantitative estimate of drug-likeness (QED) is 0.732. The van der Waals surface area contributed by atoms with Gasteiger partial charge < -0.3 is 4.90 Å². The Hall–Kier alpha value is -2.73. The third-order valence-electron chi connectivity index (χ3n) is 4.85. The van der Waals surface area contributed by atoms with Crippen LogP contribution < -0.4 is 0 Å². The predicted molar refractivity (Wildman–Crippen MR) is 111 cm³/mol. The summed E-state index contributed by atoms with van der Waals surface area (Å²) in [4.78, 5) is 26.6. The van der Waals surface area contributed by atoms with Gasteiger partial charge >= 0.3 is 0 Å². The first kappa shape index (κ1) is 21.0. The van der Waals surface area contributed by atoms with E-state index in [1.807, 2.05) is 12.1 Å². The molecule has 1 heterocycles. The molecule has 0 N–H and O–H groups in total. The van der Waals surface area contributed by atoms with E-state index in [9.17, 15) is 14.0 Å². The van der Waals surface area contributed by atoms with Crippen molar-refractivity contribution in [2.45, 2.75) is 26.3 Å².